The largest absolute Gasteiger partial charge is 0.340 e. The van der Waals surface area contributed by atoms with Crippen molar-refractivity contribution in [2.24, 2.45) is 0 Å². The maximum Gasteiger partial charge on any atom is 0.219 e. The standard InChI is InChI=1S/C8H16N2O/c1-6-4-10(8(3)11)5-7(2)9-6/h6-7,9H,4-5H2,1-3H3/t6-,7?/m1/s1. The number of hydrogen-bond donors (Lipinski definition) is 1. The maximum atomic E-state index is 11.0. The fourth-order valence-electron chi connectivity index (χ4n) is 1.58. The maximum absolute atomic E-state index is 11.0. The molecular weight excluding hydrogens is 140 g/mol. The molecule has 1 unspecified atom stereocenters. The van der Waals surface area contributed by atoms with Crippen molar-refractivity contribution >= 4 is 5.91 Å². The van der Waals surface area contributed by atoms with Crippen LogP contribution in [0, 0.1) is 0 Å². The highest BCUT2D eigenvalue weighted by Crippen LogP contribution is 2.03. The summed E-state index contributed by atoms with van der Waals surface area (Å²) in [5.74, 6) is 0.185. The van der Waals surface area contributed by atoms with Crippen LogP contribution in [-0.2, 0) is 4.79 Å². The minimum atomic E-state index is 0.185. The number of nitrogens with zero attached hydrogens (tertiary/aromatic N) is 1. The zero-order valence-electron chi connectivity index (χ0n) is 7.42. The topological polar surface area (TPSA) is 32.3 Å². The molecule has 0 aliphatic carbocycles. The number of hydrogen-bond acceptors (Lipinski definition) is 2. The van der Waals surface area contributed by atoms with Gasteiger partial charge in [0.1, 0.15) is 0 Å². The number of carbonyl (C=O) groups is 1. The highest BCUT2D eigenvalue weighted by atomic mass is 16.2. The van der Waals surface area contributed by atoms with Gasteiger partial charge in [-0.2, -0.15) is 0 Å². The van der Waals surface area contributed by atoms with Crippen LogP contribution in [0.4, 0.5) is 0 Å². The first-order valence-electron chi connectivity index (χ1n) is 4.11. The van der Waals surface area contributed by atoms with Gasteiger partial charge in [-0.3, -0.25) is 4.79 Å². The molecule has 1 aliphatic rings. The van der Waals surface area contributed by atoms with Crippen LogP contribution in [0.1, 0.15) is 20.8 Å². The van der Waals surface area contributed by atoms with Gasteiger partial charge in [0.25, 0.3) is 0 Å². The molecule has 1 amide bonds. The van der Waals surface area contributed by atoms with Crippen molar-refractivity contribution in [3.63, 3.8) is 0 Å². The Morgan fingerprint density at radius 2 is 1.82 bits per heavy atom. The van der Waals surface area contributed by atoms with E-state index in [1.165, 1.54) is 0 Å². The zero-order valence-corrected chi connectivity index (χ0v) is 7.42. The van der Waals surface area contributed by atoms with Crippen molar-refractivity contribution in [2.45, 2.75) is 32.9 Å². The molecule has 0 radical (unpaired) electrons. The van der Waals surface area contributed by atoms with E-state index in [2.05, 4.69) is 19.2 Å². The minimum Gasteiger partial charge on any atom is -0.340 e. The predicted octanol–water partition coefficient (Wildman–Crippen LogP) is 0.215. The average molecular weight is 156 g/mol. The van der Waals surface area contributed by atoms with Gasteiger partial charge in [-0.15, -0.1) is 0 Å². The second-order valence-corrected chi connectivity index (χ2v) is 3.39. The third-order valence-corrected chi connectivity index (χ3v) is 2.00. The molecule has 1 aliphatic heterocycles. The number of piperazine rings is 1. The van der Waals surface area contributed by atoms with Crippen LogP contribution in [0.3, 0.4) is 0 Å². The van der Waals surface area contributed by atoms with Crippen LogP contribution < -0.4 is 5.32 Å². The molecule has 64 valence electrons. The van der Waals surface area contributed by atoms with Gasteiger partial charge in [0.2, 0.25) is 5.91 Å². The Bertz CT molecular complexity index is 148. The predicted molar refractivity (Wildman–Crippen MR) is 44.3 cm³/mol. The molecule has 3 heteroatoms. The highest BCUT2D eigenvalue weighted by molar-refractivity contribution is 5.73. The Morgan fingerprint density at radius 3 is 2.18 bits per heavy atom. The summed E-state index contributed by atoms with van der Waals surface area (Å²) >= 11 is 0. The van der Waals surface area contributed by atoms with Crippen molar-refractivity contribution in [3.8, 4) is 0 Å². The minimum absolute atomic E-state index is 0.185. The first-order chi connectivity index (χ1) is 5.09. The van der Waals surface area contributed by atoms with Crippen LogP contribution in [0.2, 0.25) is 0 Å². The molecule has 0 aromatic rings. The van der Waals surface area contributed by atoms with Gasteiger partial charge in [-0.05, 0) is 13.8 Å². The van der Waals surface area contributed by atoms with Crippen molar-refractivity contribution < 1.29 is 4.79 Å². The molecule has 0 aromatic heterocycles. The first-order valence-corrected chi connectivity index (χ1v) is 4.11. The fraction of sp³-hybridized carbons (Fsp3) is 0.875. The molecule has 1 rings (SSSR count). The van der Waals surface area contributed by atoms with Gasteiger partial charge in [0.05, 0.1) is 0 Å². The third-order valence-electron chi connectivity index (χ3n) is 2.00. The molecule has 1 fully saturated rings. The third kappa shape index (κ3) is 2.19. The Kier molecular flexibility index (Phi) is 2.49. The molecule has 0 aromatic carbocycles. The second-order valence-electron chi connectivity index (χ2n) is 3.39. The average Bonchev–Trinajstić information content (AvgIpc) is 1.85. The molecular formula is C8H16N2O. The van der Waals surface area contributed by atoms with E-state index in [1.54, 1.807) is 6.92 Å². The molecule has 1 N–H and O–H groups in total. The molecule has 0 saturated carbocycles. The monoisotopic (exact) mass is 156 g/mol. The Hall–Kier alpha value is -0.570. The first kappa shape index (κ1) is 8.53. The summed E-state index contributed by atoms with van der Waals surface area (Å²) in [5.41, 5.74) is 0. The summed E-state index contributed by atoms with van der Waals surface area (Å²) in [5, 5.41) is 3.37. The molecule has 2 atom stereocenters. The lowest BCUT2D eigenvalue weighted by atomic mass is 10.1. The normalized spacial score (nSPS) is 32.1. The number of amides is 1. The molecule has 0 bridgehead atoms. The van der Waals surface area contributed by atoms with E-state index < -0.39 is 0 Å². The lowest BCUT2D eigenvalue weighted by molar-refractivity contribution is -0.130. The second kappa shape index (κ2) is 3.22. The van der Waals surface area contributed by atoms with Gasteiger partial charge < -0.3 is 10.2 Å². The van der Waals surface area contributed by atoms with Crippen LogP contribution in [-0.4, -0.2) is 36.0 Å². The van der Waals surface area contributed by atoms with Crippen LogP contribution in [0.15, 0.2) is 0 Å². The van der Waals surface area contributed by atoms with Gasteiger partial charge in [-0.25, -0.2) is 0 Å². The van der Waals surface area contributed by atoms with Crippen molar-refractivity contribution in [1.82, 2.24) is 10.2 Å². The lowest BCUT2D eigenvalue weighted by Crippen LogP contribution is -2.55. The van der Waals surface area contributed by atoms with E-state index >= 15 is 0 Å². The van der Waals surface area contributed by atoms with Gasteiger partial charge >= 0.3 is 0 Å². The molecule has 3 nitrogen and oxygen atoms in total. The summed E-state index contributed by atoms with van der Waals surface area (Å²) in [6.45, 7) is 7.53. The van der Waals surface area contributed by atoms with Gasteiger partial charge in [-0.1, -0.05) is 0 Å². The van der Waals surface area contributed by atoms with Gasteiger partial charge in [0, 0.05) is 32.1 Å². The Balaban J connectivity index is 2.49. The fourth-order valence-corrected chi connectivity index (χ4v) is 1.58. The highest BCUT2D eigenvalue weighted by Gasteiger charge is 2.21. The lowest BCUT2D eigenvalue weighted by Gasteiger charge is -2.35. The van der Waals surface area contributed by atoms with Crippen molar-refractivity contribution in [2.75, 3.05) is 13.1 Å². The smallest absolute Gasteiger partial charge is 0.219 e. The van der Waals surface area contributed by atoms with E-state index in [0.29, 0.717) is 12.1 Å². The van der Waals surface area contributed by atoms with E-state index in [0.717, 1.165) is 13.1 Å². The van der Waals surface area contributed by atoms with E-state index in [1.807, 2.05) is 4.90 Å². The van der Waals surface area contributed by atoms with Crippen molar-refractivity contribution in [1.29, 1.82) is 0 Å². The summed E-state index contributed by atoms with van der Waals surface area (Å²) in [4.78, 5) is 12.9. The van der Waals surface area contributed by atoms with Crippen LogP contribution >= 0.6 is 0 Å². The number of carbonyl (C=O) groups excluding carboxylic acids is 1. The van der Waals surface area contributed by atoms with Crippen molar-refractivity contribution in [3.05, 3.63) is 0 Å². The summed E-state index contributed by atoms with van der Waals surface area (Å²) in [6, 6.07) is 0.866. The molecule has 11 heavy (non-hydrogen) atoms. The summed E-state index contributed by atoms with van der Waals surface area (Å²) < 4.78 is 0. The summed E-state index contributed by atoms with van der Waals surface area (Å²) in [6.07, 6.45) is 0. The molecule has 1 heterocycles. The van der Waals surface area contributed by atoms with E-state index in [9.17, 15) is 4.79 Å². The van der Waals surface area contributed by atoms with Gasteiger partial charge in [0.15, 0.2) is 0 Å². The number of rotatable bonds is 0. The quantitative estimate of drug-likeness (QED) is 0.544. The van der Waals surface area contributed by atoms with E-state index in [4.69, 9.17) is 0 Å². The Labute approximate surface area is 67.8 Å². The van der Waals surface area contributed by atoms with Crippen LogP contribution in [0.5, 0.6) is 0 Å². The SMILES string of the molecule is CC(=O)N1CC(C)N[C@H](C)C1. The number of nitrogens with one attached hydrogen (secondary N) is 1. The molecule has 0 spiro atoms. The Morgan fingerprint density at radius 1 is 1.36 bits per heavy atom. The zero-order chi connectivity index (χ0) is 8.43. The molecule has 1 saturated heterocycles. The summed E-state index contributed by atoms with van der Waals surface area (Å²) in [7, 11) is 0. The van der Waals surface area contributed by atoms with E-state index in [-0.39, 0.29) is 5.91 Å². The van der Waals surface area contributed by atoms with Crippen LogP contribution in [0.25, 0.3) is 0 Å².